The molecule has 5 heteroatoms. The van der Waals surface area contributed by atoms with Crippen LogP contribution in [0.25, 0.3) is 0 Å². The zero-order valence-electron chi connectivity index (χ0n) is 11.4. The molecule has 1 aliphatic heterocycles. The molecule has 1 aromatic heterocycles. The molecule has 104 valence electrons. The van der Waals surface area contributed by atoms with Gasteiger partial charge in [-0.25, -0.2) is 0 Å². The summed E-state index contributed by atoms with van der Waals surface area (Å²) in [5, 5.41) is 5.68. The van der Waals surface area contributed by atoms with E-state index in [0.717, 1.165) is 31.2 Å². The molecule has 0 radical (unpaired) electrons. The van der Waals surface area contributed by atoms with Crippen molar-refractivity contribution in [2.45, 2.75) is 45.6 Å². The standard InChI is InChI=1S/C14H20N2O2S/c1-3-11-9(2)8-12(19-11)14(18)16-10-6-4-5-7-15-13(10)17/h8,10H,3-7H2,1-2H3,(H,15,17)(H,16,18). The van der Waals surface area contributed by atoms with Crippen LogP contribution in [0.5, 0.6) is 0 Å². The van der Waals surface area contributed by atoms with Crippen molar-refractivity contribution in [3.05, 3.63) is 21.4 Å². The van der Waals surface area contributed by atoms with Crippen LogP contribution in [0.3, 0.4) is 0 Å². The third-order valence-electron chi connectivity index (χ3n) is 3.41. The van der Waals surface area contributed by atoms with E-state index in [1.165, 1.54) is 16.2 Å². The summed E-state index contributed by atoms with van der Waals surface area (Å²) >= 11 is 1.52. The molecule has 4 nitrogen and oxygen atoms in total. The molecule has 2 heterocycles. The van der Waals surface area contributed by atoms with Crippen LogP contribution in [0.15, 0.2) is 6.07 Å². The highest BCUT2D eigenvalue weighted by Crippen LogP contribution is 2.22. The second kappa shape index (κ2) is 6.19. The van der Waals surface area contributed by atoms with Crippen molar-refractivity contribution in [3.8, 4) is 0 Å². The van der Waals surface area contributed by atoms with Crippen LogP contribution < -0.4 is 10.6 Å². The Balaban J connectivity index is 2.04. The molecule has 1 fully saturated rings. The van der Waals surface area contributed by atoms with Crippen molar-refractivity contribution in [2.24, 2.45) is 0 Å². The number of aryl methyl sites for hydroxylation is 2. The van der Waals surface area contributed by atoms with Crippen LogP contribution >= 0.6 is 11.3 Å². The Kier molecular flexibility index (Phi) is 4.58. The normalized spacial score (nSPS) is 19.7. The molecule has 1 unspecified atom stereocenters. The number of carbonyl (C=O) groups excluding carboxylic acids is 2. The van der Waals surface area contributed by atoms with E-state index in [1.807, 2.05) is 13.0 Å². The van der Waals surface area contributed by atoms with Gasteiger partial charge in [-0.3, -0.25) is 9.59 Å². The lowest BCUT2D eigenvalue weighted by Crippen LogP contribution is -2.45. The molecule has 1 aromatic rings. The highest BCUT2D eigenvalue weighted by Gasteiger charge is 2.23. The third-order valence-corrected chi connectivity index (χ3v) is 4.79. The molecule has 1 atom stereocenters. The molecule has 0 aliphatic carbocycles. The molecule has 19 heavy (non-hydrogen) atoms. The zero-order chi connectivity index (χ0) is 13.8. The van der Waals surface area contributed by atoms with Crippen molar-refractivity contribution >= 4 is 23.2 Å². The largest absolute Gasteiger partial charge is 0.354 e. The van der Waals surface area contributed by atoms with Crippen molar-refractivity contribution in [1.82, 2.24) is 10.6 Å². The second-order valence-electron chi connectivity index (χ2n) is 4.88. The maximum absolute atomic E-state index is 12.2. The van der Waals surface area contributed by atoms with Crippen molar-refractivity contribution < 1.29 is 9.59 Å². The summed E-state index contributed by atoms with van der Waals surface area (Å²) in [5.41, 5.74) is 1.16. The molecule has 0 bridgehead atoms. The van der Waals surface area contributed by atoms with Gasteiger partial charge in [0.25, 0.3) is 5.91 Å². The molecule has 0 spiro atoms. The molecule has 2 N–H and O–H groups in total. The topological polar surface area (TPSA) is 58.2 Å². The number of rotatable bonds is 3. The Morgan fingerprint density at radius 1 is 1.53 bits per heavy atom. The van der Waals surface area contributed by atoms with Gasteiger partial charge in [-0.05, 0) is 44.2 Å². The van der Waals surface area contributed by atoms with Crippen LogP contribution in [-0.2, 0) is 11.2 Å². The summed E-state index contributed by atoms with van der Waals surface area (Å²) in [6.07, 6.45) is 3.61. The van der Waals surface area contributed by atoms with Gasteiger partial charge in [0.05, 0.1) is 4.88 Å². The molecular formula is C14H20N2O2S. The van der Waals surface area contributed by atoms with Crippen molar-refractivity contribution in [2.75, 3.05) is 6.54 Å². The fraction of sp³-hybridized carbons (Fsp3) is 0.571. The van der Waals surface area contributed by atoms with E-state index >= 15 is 0 Å². The average molecular weight is 280 g/mol. The Labute approximate surface area is 117 Å². The number of nitrogens with one attached hydrogen (secondary N) is 2. The lowest BCUT2D eigenvalue weighted by Gasteiger charge is -2.14. The van der Waals surface area contributed by atoms with Crippen molar-refractivity contribution in [1.29, 1.82) is 0 Å². The highest BCUT2D eigenvalue weighted by atomic mass is 32.1. The van der Waals surface area contributed by atoms with E-state index in [2.05, 4.69) is 17.6 Å². The smallest absolute Gasteiger partial charge is 0.262 e. The third kappa shape index (κ3) is 3.35. The van der Waals surface area contributed by atoms with Crippen LogP contribution in [0, 0.1) is 6.92 Å². The van der Waals surface area contributed by atoms with Gasteiger partial charge < -0.3 is 10.6 Å². The predicted octanol–water partition coefficient (Wildman–Crippen LogP) is 2.02. The first kappa shape index (κ1) is 14.1. The Hall–Kier alpha value is -1.36. The SMILES string of the molecule is CCc1sc(C(=O)NC2CCCCNC2=O)cc1C. The van der Waals surface area contributed by atoms with Gasteiger partial charge in [0.15, 0.2) is 0 Å². The molecule has 1 aliphatic rings. The Morgan fingerprint density at radius 2 is 2.32 bits per heavy atom. The van der Waals surface area contributed by atoms with Gasteiger partial charge in [-0.1, -0.05) is 6.92 Å². The van der Waals surface area contributed by atoms with Crippen LogP contribution in [0.2, 0.25) is 0 Å². The Bertz CT molecular complexity index is 482. The van der Waals surface area contributed by atoms with E-state index in [4.69, 9.17) is 0 Å². The van der Waals surface area contributed by atoms with E-state index in [9.17, 15) is 9.59 Å². The van der Waals surface area contributed by atoms with Crippen LogP contribution in [-0.4, -0.2) is 24.4 Å². The fourth-order valence-electron chi connectivity index (χ4n) is 2.29. The molecular weight excluding hydrogens is 260 g/mol. The summed E-state index contributed by atoms with van der Waals surface area (Å²) in [4.78, 5) is 25.9. The lowest BCUT2D eigenvalue weighted by molar-refractivity contribution is -0.122. The number of hydrogen-bond acceptors (Lipinski definition) is 3. The summed E-state index contributed by atoms with van der Waals surface area (Å²) < 4.78 is 0. The van der Waals surface area contributed by atoms with Gasteiger partial charge in [0, 0.05) is 11.4 Å². The first-order chi connectivity index (χ1) is 9.11. The van der Waals surface area contributed by atoms with Crippen molar-refractivity contribution in [3.63, 3.8) is 0 Å². The van der Waals surface area contributed by atoms with Crippen LogP contribution in [0.1, 0.15) is 46.3 Å². The van der Waals surface area contributed by atoms with E-state index in [0.29, 0.717) is 11.4 Å². The Morgan fingerprint density at radius 3 is 3.00 bits per heavy atom. The number of amides is 2. The number of thiophene rings is 1. The molecule has 0 saturated carbocycles. The minimum atomic E-state index is -0.387. The van der Waals surface area contributed by atoms with Gasteiger partial charge in [0.2, 0.25) is 5.91 Å². The maximum atomic E-state index is 12.2. The first-order valence-corrected chi connectivity index (χ1v) is 7.61. The summed E-state index contributed by atoms with van der Waals surface area (Å²) in [6, 6.07) is 1.52. The highest BCUT2D eigenvalue weighted by molar-refractivity contribution is 7.14. The van der Waals surface area contributed by atoms with Gasteiger partial charge in [-0.2, -0.15) is 0 Å². The fourth-order valence-corrected chi connectivity index (χ4v) is 3.31. The lowest BCUT2D eigenvalue weighted by atomic mass is 10.1. The number of carbonyl (C=O) groups is 2. The monoisotopic (exact) mass is 280 g/mol. The first-order valence-electron chi connectivity index (χ1n) is 6.79. The van der Waals surface area contributed by atoms with E-state index in [-0.39, 0.29) is 17.9 Å². The van der Waals surface area contributed by atoms with E-state index in [1.54, 1.807) is 0 Å². The van der Waals surface area contributed by atoms with Crippen LogP contribution in [0.4, 0.5) is 0 Å². The minimum Gasteiger partial charge on any atom is -0.354 e. The summed E-state index contributed by atoms with van der Waals surface area (Å²) in [5.74, 6) is -0.190. The predicted molar refractivity (Wildman–Crippen MR) is 76.5 cm³/mol. The molecule has 2 amide bonds. The summed E-state index contributed by atoms with van der Waals surface area (Å²) in [6.45, 7) is 4.81. The number of hydrogen-bond donors (Lipinski definition) is 2. The van der Waals surface area contributed by atoms with Gasteiger partial charge in [-0.15, -0.1) is 11.3 Å². The van der Waals surface area contributed by atoms with Gasteiger partial charge in [0.1, 0.15) is 6.04 Å². The van der Waals surface area contributed by atoms with Gasteiger partial charge >= 0.3 is 0 Å². The average Bonchev–Trinajstić information content (AvgIpc) is 2.66. The second-order valence-corrected chi connectivity index (χ2v) is 6.02. The van der Waals surface area contributed by atoms with E-state index < -0.39 is 0 Å². The molecule has 1 saturated heterocycles. The quantitative estimate of drug-likeness (QED) is 0.890. The summed E-state index contributed by atoms with van der Waals surface area (Å²) in [7, 11) is 0. The zero-order valence-corrected chi connectivity index (χ0v) is 12.2. The maximum Gasteiger partial charge on any atom is 0.262 e. The molecule has 2 rings (SSSR count). The molecule has 0 aromatic carbocycles. The minimum absolute atomic E-state index is 0.0603.